The predicted octanol–water partition coefficient (Wildman–Crippen LogP) is 3.66. The number of Topliss-reactive ketones (excluding diaryl/α,β-unsaturated/α-hetero) is 1. The molecule has 0 atom stereocenters. The minimum atomic E-state index is -0.283. The summed E-state index contributed by atoms with van der Waals surface area (Å²) in [6, 6.07) is 10.1. The molecule has 0 aliphatic carbocycles. The number of pyridine rings is 1. The monoisotopic (exact) mass is 298 g/mol. The van der Waals surface area contributed by atoms with E-state index >= 15 is 0 Å². The average molecular weight is 298 g/mol. The summed E-state index contributed by atoms with van der Waals surface area (Å²) >= 11 is 0. The first-order valence-electron chi connectivity index (χ1n) is 6.86. The lowest BCUT2D eigenvalue weighted by Crippen LogP contribution is -2.00. The topological polar surface area (TPSA) is 43.6 Å². The van der Waals surface area contributed by atoms with Crippen LogP contribution >= 0.6 is 0 Å². The summed E-state index contributed by atoms with van der Waals surface area (Å²) in [5, 5.41) is 0. The van der Waals surface area contributed by atoms with Crippen molar-refractivity contribution in [1.82, 2.24) is 9.38 Å². The predicted molar refractivity (Wildman–Crippen MR) is 81.9 cm³/mol. The SMILES string of the molecule is COc1cccc2nc(C(C)=O)c(-c3ccc(F)c(C)c3)n12. The molecule has 3 aromatic rings. The second-order valence-corrected chi connectivity index (χ2v) is 5.09. The van der Waals surface area contributed by atoms with E-state index in [0.717, 1.165) is 5.56 Å². The molecule has 0 unspecified atom stereocenters. The summed E-state index contributed by atoms with van der Waals surface area (Å²) in [5.41, 5.74) is 2.80. The lowest BCUT2D eigenvalue weighted by atomic mass is 10.1. The van der Waals surface area contributed by atoms with Crippen molar-refractivity contribution in [2.24, 2.45) is 0 Å². The van der Waals surface area contributed by atoms with E-state index in [-0.39, 0.29) is 11.6 Å². The van der Waals surface area contributed by atoms with Gasteiger partial charge in [-0.1, -0.05) is 6.07 Å². The van der Waals surface area contributed by atoms with Crippen LogP contribution in [0.3, 0.4) is 0 Å². The molecule has 112 valence electrons. The van der Waals surface area contributed by atoms with E-state index in [1.54, 1.807) is 42.7 Å². The van der Waals surface area contributed by atoms with Crippen LogP contribution < -0.4 is 4.74 Å². The molecule has 5 heteroatoms. The molecular weight excluding hydrogens is 283 g/mol. The number of ether oxygens (including phenoxy) is 1. The number of hydrogen-bond donors (Lipinski definition) is 0. The van der Waals surface area contributed by atoms with E-state index in [0.29, 0.717) is 28.5 Å². The third-order valence-corrected chi connectivity index (χ3v) is 3.58. The largest absolute Gasteiger partial charge is 0.482 e. The molecule has 2 aromatic heterocycles. The summed E-state index contributed by atoms with van der Waals surface area (Å²) in [6.45, 7) is 3.15. The molecule has 0 saturated heterocycles. The molecule has 0 saturated carbocycles. The molecule has 0 fully saturated rings. The van der Waals surface area contributed by atoms with Crippen molar-refractivity contribution < 1.29 is 13.9 Å². The third kappa shape index (κ3) is 2.15. The summed E-state index contributed by atoms with van der Waals surface area (Å²) in [5.74, 6) is 0.131. The maximum Gasteiger partial charge on any atom is 0.199 e. The van der Waals surface area contributed by atoms with Crippen LogP contribution in [-0.4, -0.2) is 22.3 Å². The van der Waals surface area contributed by atoms with E-state index in [4.69, 9.17) is 4.74 Å². The van der Waals surface area contributed by atoms with Crippen molar-refractivity contribution >= 4 is 11.4 Å². The average Bonchev–Trinajstić information content (AvgIpc) is 2.89. The fourth-order valence-electron chi connectivity index (χ4n) is 2.53. The second kappa shape index (κ2) is 5.26. The number of ketones is 1. The molecule has 3 rings (SSSR count). The zero-order valence-corrected chi connectivity index (χ0v) is 12.6. The zero-order valence-electron chi connectivity index (χ0n) is 12.6. The van der Waals surface area contributed by atoms with Gasteiger partial charge >= 0.3 is 0 Å². The number of methoxy groups -OCH3 is 1. The van der Waals surface area contributed by atoms with Gasteiger partial charge in [-0.15, -0.1) is 0 Å². The van der Waals surface area contributed by atoms with Gasteiger partial charge in [0.1, 0.15) is 17.2 Å². The molecule has 0 radical (unpaired) electrons. The number of carbonyl (C=O) groups excluding carboxylic acids is 1. The van der Waals surface area contributed by atoms with Gasteiger partial charge in [0.2, 0.25) is 0 Å². The lowest BCUT2D eigenvalue weighted by Gasteiger charge is -2.09. The lowest BCUT2D eigenvalue weighted by molar-refractivity contribution is 0.101. The summed E-state index contributed by atoms with van der Waals surface area (Å²) in [6.07, 6.45) is 0. The highest BCUT2D eigenvalue weighted by Gasteiger charge is 2.20. The molecule has 0 spiro atoms. The first kappa shape index (κ1) is 14.3. The second-order valence-electron chi connectivity index (χ2n) is 5.09. The number of aromatic nitrogens is 2. The van der Waals surface area contributed by atoms with Crippen molar-refractivity contribution in [3.63, 3.8) is 0 Å². The number of hydrogen-bond acceptors (Lipinski definition) is 3. The first-order chi connectivity index (χ1) is 10.5. The Morgan fingerprint density at radius 3 is 2.68 bits per heavy atom. The van der Waals surface area contributed by atoms with Crippen molar-refractivity contribution in [2.45, 2.75) is 13.8 Å². The van der Waals surface area contributed by atoms with E-state index in [1.165, 1.54) is 13.0 Å². The molecule has 1 aromatic carbocycles. The number of imidazole rings is 1. The molecule has 4 nitrogen and oxygen atoms in total. The number of nitrogens with zero attached hydrogens (tertiary/aromatic N) is 2. The minimum Gasteiger partial charge on any atom is -0.482 e. The first-order valence-corrected chi connectivity index (χ1v) is 6.86. The van der Waals surface area contributed by atoms with Crippen LogP contribution in [0.1, 0.15) is 23.0 Å². The van der Waals surface area contributed by atoms with E-state index < -0.39 is 0 Å². The maximum absolute atomic E-state index is 13.5. The number of rotatable bonds is 3. The molecule has 0 aliphatic heterocycles. The van der Waals surface area contributed by atoms with Crippen molar-refractivity contribution in [3.05, 3.63) is 53.5 Å². The number of fused-ring (bicyclic) bond motifs is 1. The fourth-order valence-corrected chi connectivity index (χ4v) is 2.53. The highest BCUT2D eigenvalue weighted by atomic mass is 19.1. The van der Waals surface area contributed by atoms with Crippen LogP contribution in [0.15, 0.2) is 36.4 Å². The quantitative estimate of drug-likeness (QED) is 0.693. The van der Waals surface area contributed by atoms with Gasteiger partial charge in [0.25, 0.3) is 0 Å². The van der Waals surface area contributed by atoms with Crippen LogP contribution in [0.2, 0.25) is 0 Å². The van der Waals surface area contributed by atoms with Crippen LogP contribution in [0.5, 0.6) is 5.88 Å². The zero-order chi connectivity index (χ0) is 15.9. The Morgan fingerprint density at radius 1 is 1.27 bits per heavy atom. The minimum absolute atomic E-state index is 0.150. The molecule has 0 bridgehead atoms. The standard InChI is InChI=1S/C17H15FN2O2/c1-10-9-12(7-8-13(10)18)17-16(11(2)21)19-14-5-4-6-15(22-3)20(14)17/h4-9H,1-3H3. The molecule has 22 heavy (non-hydrogen) atoms. The Labute approximate surface area is 127 Å². The Balaban J connectivity index is 2.41. The molecule has 2 heterocycles. The van der Waals surface area contributed by atoms with Gasteiger partial charge in [-0.05, 0) is 42.8 Å². The van der Waals surface area contributed by atoms with Crippen LogP contribution in [0, 0.1) is 12.7 Å². The van der Waals surface area contributed by atoms with Gasteiger partial charge in [0.05, 0.1) is 12.8 Å². The van der Waals surface area contributed by atoms with E-state index in [1.807, 2.05) is 6.07 Å². The van der Waals surface area contributed by atoms with Gasteiger partial charge in [-0.2, -0.15) is 0 Å². The van der Waals surface area contributed by atoms with Crippen molar-refractivity contribution in [2.75, 3.05) is 7.11 Å². The highest BCUT2D eigenvalue weighted by molar-refractivity contribution is 5.99. The Morgan fingerprint density at radius 2 is 2.05 bits per heavy atom. The van der Waals surface area contributed by atoms with Crippen molar-refractivity contribution in [3.8, 4) is 17.1 Å². The van der Waals surface area contributed by atoms with Crippen LogP contribution in [-0.2, 0) is 0 Å². The smallest absolute Gasteiger partial charge is 0.199 e. The summed E-state index contributed by atoms with van der Waals surface area (Å²) < 4.78 is 20.7. The van der Waals surface area contributed by atoms with Gasteiger partial charge in [0.15, 0.2) is 11.7 Å². The molecular formula is C17H15FN2O2. The Bertz CT molecular complexity index is 884. The van der Waals surface area contributed by atoms with Gasteiger partial charge in [0, 0.05) is 12.5 Å². The van der Waals surface area contributed by atoms with Gasteiger partial charge < -0.3 is 4.74 Å². The summed E-state index contributed by atoms with van der Waals surface area (Å²) in [7, 11) is 1.56. The normalized spacial score (nSPS) is 10.9. The van der Waals surface area contributed by atoms with E-state index in [2.05, 4.69) is 4.98 Å². The highest BCUT2D eigenvalue weighted by Crippen LogP contribution is 2.30. The number of aryl methyl sites for hydroxylation is 1. The number of halogens is 1. The third-order valence-electron chi connectivity index (χ3n) is 3.58. The van der Waals surface area contributed by atoms with Crippen LogP contribution in [0.4, 0.5) is 4.39 Å². The summed E-state index contributed by atoms with van der Waals surface area (Å²) in [4.78, 5) is 16.4. The van der Waals surface area contributed by atoms with Crippen molar-refractivity contribution in [1.29, 1.82) is 0 Å². The molecule has 0 amide bonds. The fraction of sp³-hybridized carbons (Fsp3) is 0.176. The van der Waals surface area contributed by atoms with Crippen LogP contribution in [0.25, 0.3) is 16.9 Å². The van der Waals surface area contributed by atoms with E-state index in [9.17, 15) is 9.18 Å². The molecule has 0 N–H and O–H groups in total. The van der Waals surface area contributed by atoms with Gasteiger partial charge in [-0.3, -0.25) is 9.20 Å². The number of benzene rings is 1. The Hall–Kier alpha value is -2.69. The van der Waals surface area contributed by atoms with Gasteiger partial charge in [-0.25, -0.2) is 9.37 Å². The molecule has 0 aliphatic rings. The number of carbonyl (C=O) groups is 1. The Kier molecular flexibility index (Phi) is 3.41. The maximum atomic E-state index is 13.5.